The Hall–Kier alpha value is -2.34. The highest BCUT2D eigenvalue weighted by atomic mass is 16.5. The summed E-state index contributed by atoms with van der Waals surface area (Å²) in [6, 6.07) is 7.89. The Morgan fingerprint density at radius 1 is 1.46 bits per heavy atom. The van der Waals surface area contributed by atoms with Crippen LogP contribution in [0.25, 0.3) is 0 Å². The van der Waals surface area contributed by atoms with Gasteiger partial charge in [0.1, 0.15) is 17.6 Å². The van der Waals surface area contributed by atoms with Crippen LogP contribution in [-0.2, 0) is 18.3 Å². The fourth-order valence-electron chi connectivity index (χ4n) is 3.15. The van der Waals surface area contributed by atoms with Gasteiger partial charge in [0.05, 0.1) is 7.11 Å². The molecule has 1 atom stereocenters. The number of nitrogens with one attached hydrogen (secondary N) is 1. The Bertz CT molecular complexity index is 698. The zero-order valence-electron chi connectivity index (χ0n) is 14.2. The minimum absolute atomic E-state index is 0.00319. The molecule has 24 heavy (non-hydrogen) atoms. The standard InChI is InChI=1S/C18H24N4O2/c1-21-10-9-20-18(21)16-13-19-8-11-22(16)17(23)7-6-14-4-3-5-15(12-14)24-2/h3-5,9-10,12,16,19H,6-8,11,13H2,1-2H3. The van der Waals surface area contributed by atoms with E-state index in [-0.39, 0.29) is 11.9 Å². The molecule has 0 saturated carbocycles. The van der Waals surface area contributed by atoms with Crippen LogP contribution >= 0.6 is 0 Å². The molecule has 0 aliphatic carbocycles. The summed E-state index contributed by atoms with van der Waals surface area (Å²) in [4.78, 5) is 19.2. The van der Waals surface area contributed by atoms with Crippen molar-refractivity contribution in [1.29, 1.82) is 0 Å². The number of amides is 1. The van der Waals surface area contributed by atoms with Gasteiger partial charge in [-0.25, -0.2) is 4.98 Å². The third-order valence-electron chi connectivity index (χ3n) is 4.48. The molecule has 0 bridgehead atoms. The number of aryl methyl sites for hydroxylation is 2. The summed E-state index contributed by atoms with van der Waals surface area (Å²) >= 11 is 0. The largest absolute Gasteiger partial charge is 0.497 e. The normalized spacial score (nSPS) is 17.8. The number of aromatic nitrogens is 2. The highest BCUT2D eigenvalue weighted by Gasteiger charge is 2.29. The van der Waals surface area contributed by atoms with E-state index in [1.807, 2.05) is 47.0 Å². The molecule has 6 heteroatoms. The number of benzene rings is 1. The highest BCUT2D eigenvalue weighted by molar-refractivity contribution is 5.77. The van der Waals surface area contributed by atoms with Crippen LogP contribution in [0.5, 0.6) is 5.75 Å². The van der Waals surface area contributed by atoms with Crippen molar-refractivity contribution >= 4 is 5.91 Å². The zero-order chi connectivity index (χ0) is 16.9. The number of ether oxygens (including phenoxy) is 1. The number of hydrogen-bond donors (Lipinski definition) is 1. The molecule has 1 aromatic heterocycles. The van der Waals surface area contributed by atoms with Gasteiger partial charge in [-0.3, -0.25) is 4.79 Å². The summed E-state index contributed by atoms with van der Waals surface area (Å²) in [6.07, 6.45) is 4.91. The molecule has 3 rings (SSSR count). The number of piperazine rings is 1. The number of nitrogens with zero attached hydrogens (tertiary/aromatic N) is 3. The lowest BCUT2D eigenvalue weighted by Gasteiger charge is -2.35. The molecule has 128 valence electrons. The fraction of sp³-hybridized carbons (Fsp3) is 0.444. The maximum absolute atomic E-state index is 12.8. The summed E-state index contributed by atoms with van der Waals surface area (Å²) in [6.45, 7) is 2.29. The van der Waals surface area contributed by atoms with E-state index >= 15 is 0 Å². The van der Waals surface area contributed by atoms with Crippen LogP contribution in [0.2, 0.25) is 0 Å². The van der Waals surface area contributed by atoms with Crippen molar-refractivity contribution in [2.75, 3.05) is 26.7 Å². The van der Waals surface area contributed by atoms with Gasteiger partial charge in [0.25, 0.3) is 0 Å². The summed E-state index contributed by atoms with van der Waals surface area (Å²) < 4.78 is 7.23. The minimum Gasteiger partial charge on any atom is -0.497 e. The van der Waals surface area contributed by atoms with Crippen molar-refractivity contribution in [3.05, 3.63) is 48.0 Å². The molecule has 1 N–H and O–H groups in total. The first-order valence-electron chi connectivity index (χ1n) is 8.29. The zero-order valence-corrected chi connectivity index (χ0v) is 14.2. The maximum atomic E-state index is 12.8. The lowest BCUT2D eigenvalue weighted by Crippen LogP contribution is -2.49. The van der Waals surface area contributed by atoms with Crippen LogP contribution in [0.1, 0.15) is 23.9 Å². The van der Waals surface area contributed by atoms with Crippen molar-refractivity contribution in [2.24, 2.45) is 7.05 Å². The second-order valence-corrected chi connectivity index (χ2v) is 6.05. The number of rotatable bonds is 5. The van der Waals surface area contributed by atoms with E-state index < -0.39 is 0 Å². The van der Waals surface area contributed by atoms with Crippen molar-refractivity contribution in [3.8, 4) is 5.75 Å². The molecule has 2 heterocycles. The number of methoxy groups -OCH3 is 1. The average molecular weight is 328 g/mol. The minimum atomic E-state index is -0.00319. The van der Waals surface area contributed by atoms with Gasteiger partial charge in [0, 0.05) is 45.5 Å². The van der Waals surface area contributed by atoms with E-state index in [0.29, 0.717) is 19.4 Å². The Balaban J connectivity index is 1.67. The van der Waals surface area contributed by atoms with E-state index in [1.54, 1.807) is 13.3 Å². The maximum Gasteiger partial charge on any atom is 0.223 e. The molecule has 6 nitrogen and oxygen atoms in total. The van der Waals surface area contributed by atoms with Crippen molar-refractivity contribution < 1.29 is 9.53 Å². The van der Waals surface area contributed by atoms with Gasteiger partial charge < -0.3 is 19.5 Å². The van der Waals surface area contributed by atoms with E-state index in [4.69, 9.17) is 4.74 Å². The van der Waals surface area contributed by atoms with Gasteiger partial charge >= 0.3 is 0 Å². The Morgan fingerprint density at radius 3 is 3.08 bits per heavy atom. The molecule has 1 aromatic carbocycles. The van der Waals surface area contributed by atoms with Crippen LogP contribution in [0.4, 0.5) is 0 Å². The first-order valence-corrected chi connectivity index (χ1v) is 8.29. The molecule has 1 aliphatic rings. The van der Waals surface area contributed by atoms with Crippen LogP contribution in [0.15, 0.2) is 36.7 Å². The molecule has 0 radical (unpaired) electrons. The van der Waals surface area contributed by atoms with E-state index in [2.05, 4.69) is 10.3 Å². The van der Waals surface area contributed by atoms with Gasteiger partial charge in [0.2, 0.25) is 5.91 Å². The second kappa shape index (κ2) is 7.49. The van der Waals surface area contributed by atoms with Gasteiger partial charge in [-0.1, -0.05) is 12.1 Å². The van der Waals surface area contributed by atoms with Gasteiger partial charge in [-0.05, 0) is 24.1 Å². The Kier molecular flexibility index (Phi) is 5.15. The molecule has 1 aliphatic heterocycles. The smallest absolute Gasteiger partial charge is 0.223 e. The summed E-state index contributed by atoms with van der Waals surface area (Å²) in [5, 5.41) is 3.36. The van der Waals surface area contributed by atoms with Crippen LogP contribution in [0, 0.1) is 0 Å². The molecule has 2 aromatic rings. The fourth-order valence-corrected chi connectivity index (χ4v) is 3.15. The highest BCUT2D eigenvalue weighted by Crippen LogP contribution is 2.22. The van der Waals surface area contributed by atoms with Crippen LogP contribution < -0.4 is 10.1 Å². The van der Waals surface area contributed by atoms with Gasteiger partial charge in [-0.2, -0.15) is 0 Å². The number of hydrogen-bond acceptors (Lipinski definition) is 4. The predicted molar refractivity (Wildman–Crippen MR) is 91.8 cm³/mol. The SMILES string of the molecule is COc1cccc(CCC(=O)N2CCNCC2c2nccn2C)c1. The number of carbonyl (C=O) groups excluding carboxylic acids is 1. The van der Waals surface area contributed by atoms with Gasteiger partial charge in [-0.15, -0.1) is 0 Å². The molecule has 1 saturated heterocycles. The third-order valence-corrected chi connectivity index (χ3v) is 4.48. The molecule has 1 unspecified atom stereocenters. The molecule has 1 amide bonds. The Morgan fingerprint density at radius 2 is 2.33 bits per heavy atom. The lowest BCUT2D eigenvalue weighted by atomic mass is 10.1. The summed E-state index contributed by atoms with van der Waals surface area (Å²) in [5.41, 5.74) is 1.12. The molecular formula is C18H24N4O2. The van der Waals surface area contributed by atoms with Gasteiger partial charge in [0.15, 0.2) is 0 Å². The number of carbonyl (C=O) groups is 1. The average Bonchev–Trinajstić information content (AvgIpc) is 3.05. The quantitative estimate of drug-likeness (QED) is 0.904. The first-order chi connectivity index (χ1) is 11.7. The topological polar surface area (TPSA) is 59.4 Å². The molecular weight excluding hydrogens is 304 g/mol. The Labute approximate surface area is 142 Å². The predicted octanol–water partition coefficient (Wildman–Crippen LogP) is 1.53. The second-order valence-electron chi connectivity index (χ2n) is 6.05. The number of imidazole rings is 1. The monoisotopic (exact) mass is 328 g/mol. The van der Waals surface area contributed by atoms with E-state index in [0.717, 1.165) is 30.2 Å². The molecule has 1 fully saturated rings. The van der Waals surface area contributed by atoms with E-state index in [9.17, 15) is 4.79 Å². The van der Waals surface area contributed by atoms with Crippen molar-refractivity contribution in [3.63, 3.8) is 0 Å². The summed E-state index contributed by atoms with van der Waals surface area (Å²) in [7, 11) is 3.62. The van der Waals surface area contributed by atoms with Crippen molar-refractivity contribution in [1.82, 2.24) is 19.8 Å². The third kappa shape index (κ3) is 3.59. The first kappa shape index (κ1) is 16.5. The van der Waals surface area contributed by atoms with Crippen LogP contribution in [0.3, 0.4) is 0 Å². The molecule has 0 spiro atoms. The van der Waals surface area contributed by atoms with Crippen molar-refractivity contribution in [2.45, 2.75) is 18.9 Å². The van der Waals surface area contributed by atoms with Crippen LogP contribution in [-0.4, -0.2) is 47.1 Å². The van der Waals surface area contributed by atoms with E-state index in [1.165, 1.54) is 0 Å². The summed E-state index contributed by atoms with van der Waals surface area (Å²) in [5.74, 6) is 1.93. The lowest BCUT2D eigenvalue weighted by molar-refractivity contribution is -0.134.